The van der Waals surface area contributed by atoms with Crippen LogP contribution in [0.15, 0.2) is 16.9 Å². The number of unbranched alkanes of at least 4 members (excludes halogenated alkanes) is 3. The van der Waals surface area contributed by atoms with Crippen molar-refractivity contribution in [3.05, 3.63) is 54.8 Å². The lowest BCUT2D eigenvalue weighted by molar-refractivity contribution is 0.103. The minimum atomic E-state index is -0.646. The number of carbonyl (C=O) groups excluding carboxylic acids is 1. The molecule has 0 saturated heterocycles. The third-order valence-electron chi connectivity index (χ3n) is 4.99. The maximum absolute atomic E-state index is 13.2. The molecule has 2 aromatic rings. The molecule has 0 radical (unpaired) electrons. The molecule has 1 aromatic heterocycles. The molecule has 0 spiro atoms. The molecule has 0 fully saturated rings. The molecule has 166 valence electrons. The molecule has 0 aliphatic carbocycles. The fourth-order valence-corrected chi connectivity index (χ4v) is 3.95. The number of ether oxygens (including phenoxy) is 1. The highest BCUT2D eigenvalue weighted by Crippen LogP contribution is 2.36. The van der Waals surface area contributed by atoms with Crippen LogP contribution < -0.4 is 10.3 Å². The van der Waals surface area contributed by atoms with Gasteiger partial charge in [0, 0.05) is 11.6 Å². The summed E-state index contributed by atoms with van der Waals surface area (Å²) in [6, 6.07) is 4.20. The van der Waals surface area contributed by atoms with Crippen LogP contribution in [0.3, 0.4) is 0 Å². The fourth-order valence-electron chi connectivity index (χ4n) is 3.35. The number of nitrogens with zero attached hydrogens (tertiary/aromatic N) is 2. The van der Waals surface area contributed by atoms with E-state index in [2.05, 4.69) is 6.92 Å². The summed E-state index contributed by atoms with van der Waals surface area (Å²) in [7, 11) is 0. The molecule has 1 heterocycles. The van der Waals surface area contributed by atoms with Crippen molar-refractivity contribution in [3.63, 3.8) is 0 Å². The van der Waals surface area contributed by atoms with E-state index in [4.69, 9.17) is 27.9 Å². The Kier molecular flexibility index (Phi) is 8.55. The Morgan fingerprint density at radius 1 is 1.23 bits per heavy atom. The van der Waals surface area contributed by atoms with Gasteiger partial charge in [-0.3, -0.25) is 14.2 Å². The SMILES string of the molecule is CCCCCCOc1c(Cl)cc(C(=O)c2c(C)c(C#N)c(=O)n(C(C)C)c2O)cc1Cl. The van der Waals surface area contributed by atoms with Gasteiger partial charge >= 0.3 is 0 Å². The summed E-state index contributed by atoms with van der Waals surface area (Å²) >= 11 is 12.6. The smallest absolute Gasteiger partial charge is 0.271 e. The highest BCUT2D eigenvalue weighted by Gasteiger charge is 2.27. The average Bonchev–Trinajstić information content (AvgIpc) is 2.69. The summed E-state index contributed by atoms with van der Waals surface area (Å²) in [6.45, 7) is 7.38. The Balaban J connectivity index is 2.48. The number of ketones is 1. The van der Waals surface area contributed by atoms with Gasteiger partial charge in [-0.25, -0.2) is 0 Å². The zero-order valence-electron chi connectivity index (χ0n) is 18.1. The van der Waals surface area contributed by atoms with Crippen LogP contribution in [0.1, 0.15) is 79.5 Å². The number of pyridine rings is 1. The van der Waals surface area contributed by atoms with Gasteiger partial charge in [0.2, 0.25) is 5.88 Å². The highest BCUT2D eigenvalue weighted by atomic mass is 35.5. The van der Waals surface area contributed by atoms with E-state index in [0.717, 1.165) is 30.3 Å². The molecule has 8 heteroatoms. The van der Waals surface area contributed by atoms with E-state index in [1.165, 1.54) is 19.1 Å². The van der Waals surface area contributed by atoms with Gasteiger partial charge < -0.3 is 9.84 Å². The molecule has 1 N–H and O–H groups in total. The number of hydrogen-bond acceptors (Lipinski definition) is 5. The van der Waals surface area contributed by atoms with Crippen molar-refractivity contribution in [2.24, 2.45) is 0 Å². The molecule has 1 aromatic carbocycles. The van der Waals surface area contributed by atoms with Crippen LogP contribution in [0, 0.1) is 18.3 Å². The molecule has 0 saturated carbocycles. The summed E-state index contributed by atoms with van der Waals surface area (Å²) in [6.07, 6.45) is 4.13. The second kappa shape index (κ2) is 10.7. The van der Waals surface area contributed by atoms with E-state index in [9.17, 15) is 20.0 Å². The first kappa shape index (κ1) is 24.8. The number of aromatic hydroxyl groups is 1. The average molecular weight is 465 g/mol. The summed E-state index contributed by atoms with van der Waals surface area (Å²) in [5.74, 6) is -0.800. The van der Waals surface area contributed by atoms with E-state index < -0.39 is 23.3 Å². The Morgan fingerprint density at radius 3 is 2.35 bits per heavy atom. The van der Waals surface area contributed by atoms with Gasteiger partial charge in [0.15, 0.2) is 11.5 Å². The van der Waals surface area contributed by atoms with Gasteiger partial charge in [-0.1, -0.05) is 49.4 Å². The predicted molar refractivity (Wildman–Crippen MR) is 122 cm³/mol. The highest BCUT2D eigenvalue weighted by molar-refractivity contribution is 6.38. The number of aromatic nitrogens is 1. The second-order valence-electron chi connectivity index (χ2n) is 7.59. The summed E-state index contributed by atoms with van der Waals surface area (Å²) in [5.41, 5.74) is -0.754. The molecule has 0 unspecified atom stereocenters. The number of halogens is 2. The Morgan fingerprint density at radius 2 is 1.84 bits per heavy atom. The van der Waals surface area contributed by atoms with Crippen molar-refractivity contribution >= 4 is 29.0 Å². The molecule has 0 aliphatic heterocycles. The molecule has 0 amide bonds. The number of carbonyl (C=O) groups is 1. The Labute approximate surface area is 192 Å². The van der Waals surface area contributed by atoms with Crippen molar-refractivity contribution in [1.29, 1.82) is 5.26 Å². The van der Waals surface area contributed by atoms with Crippen LogP contribution in [-0.2, 0) is 0 Å². The van der Waals surface area contributed by atoms with E-state index in [-0.39, 0.29) is 32.3 Å². The van der Waals surface area contributed by atoms with Gasteiger partial charge in [0.1, 0.15) is 11.6 Å². The van der Waals surface area contributed by atoms with E-state index in [1.54, 1.807) is 13.8 Å². The molecular formula is C23H26Cl2N2O4. The van der Waals surface area contributed by atoms with Gasteiger partial charge in [-0.2, -0.15) is 5.26 Å². The normalized spacial score (nSPS) is 10.9. The first-order valence-corrected chi connectivity index (χ1v) is 11.0. The van der Waals surface area contributed by atoms with Crippen LogP contribution in [0.5, 0.6) is 11.6 Å². The number of nitriles is 1. The van der Waals surface area contributed by atoms with Crippen LogP contribution >= 0.6 is 23.2 Å². The standard InChI is InChI=1S/C23H26Cl2N2O4/c1-5-6-7-8-9-31-21-17(24)10-15(11-18(21)25)20(28)19-14(4)16(12-26)22(29)27(13(2)3)23(19)30/h10-11,13,30H,5-9H2,1-4H3. The van der Waals surface area contributed by atoms with Crippen LogP contribution in [0.2, 0.25) is 10.0 Å². The van der Waals surface area contributed by atoms with E-state index >= 15 is 0 Å². The van der Waals surface area contributed by atoms with Gasteiger partial charge in [-0.15, -0.1) is 0 Å². The summed E-state index contributed by atoms with van der Waals surface area (Å²) in [4.78, 5) is 25.8. The Hall–Kier alpha value is -2.49. The van der Waals surface area contributed by atoms with Crippen molar-refractivity contribution in [2.45, 2.75) is 59.4 Å². The van der Waals surface area contributed by atoms with E-state index in [0.29, 0.717) is 12.4 Å². The Bertz CT molecular complexity index is 1060. The van der Waals surface area contributed by atoms with E-state index in [1.807, 2.05) is 6.07 Å². The maximum Gasteiger partial charge on any atom is 0.271 e. The molecule has 0 aliphatic rings. The molecule has 6 nitrogen and oxygen atoms in total. The van der Waals surface area contributed by atoms with Gasteiger partial charge in [0.05, 0.1) is 22.2 Å². The number of hydrogen-bond donors (Lipinski definition) is 1. The zero-order chi connectivity index (χ0) is 23.3. The molecular weight excluding hydrogens is 439 g/mol. The molecule has 0 atom stereocenters. The quantitative estimate of drug-likeness (QED) is 0.373. The monoisotopic (exact) mass is 464 g/mol. The van der Waals surface area contributed by atoms with Crippen LogP contribution in [0.25, 0.3) is 0 Å². The third kappa shape index (κ3) is 5.23. The molecule has 31 heavy (non-hydrogen) atoms. The minimum Gasteiger partial charge on any atom is -0.494 e. The third-order valence-corrected chi connectivity index (χ3v) is 5.56. The molecule has 2 rings (SSSR count). The molecule has 0 bridgehead atoms. The maximum atomic E-state index is 13.2. The van der Waals surface area contributed by atoms with Crippen LogP contribution in [-0.4, -0.2) is 22.1 Å². The van der Waals surface area contributed by atoms with Crippen molar-refractivity contribution in [3.8, 4) is 17.7 Å². The minimum absolute atomic E-state index is 0.107. The first-order valence-electron chi connectivity index (χ1n) is 10.2. The second-order valence-corrected chi connectivity index (χ2v) is 8.40. The topological polar surface area (TPSA) is 92.3 Å². The number of benzene rings is 1. The lowest BCUT2D eigenvalue weighted by atomic mass is 9.97. The fraction of sp³-hybridized carbons (Fsp3) is 0.435. The predicted octanol–water partition coefficient (Wildman–Crippen LogP) is 5.81. The van der Waals surface area contributed by atoms with Gasteiger partial charge in [-0.05, 0) is 44.9 Å². The van der Waals surface area contributed by atoms with Gasteiger partial charge in [0.25, 0.3) is 5.56 Å². The van der Waals surface area contributed by atoms with Crippen molar-refractivity contribution in [2.75, 3.05) is 6.61 Å². The lowest BCUT2D eigenvalue weighted by Crippen LogP contribution is -2.28. The lowest BCUT2D eigenvalue weighted by Gasteiger charge is -2.18. The summed E-state index contributed by atoms with van der Waals surface area (Å²) in [5, 5.41) is 20.4. The van der Waals surface area contributed by atoms with Crippen LogP contribution in [0.4, 0.5) is 0 Å². The van der Waals surface area contributed by atoms with Crippen molar-refractivity contribution in [1.82, 2.24) is 4.57 Å². The largest absolute Gasteiger partial charge is 0.494 e. The van der Waals surface area contributed by atoms with Crippen molar-refractivity contribution < 1.29 is 14.6 Å². The summed E-state index contributed by atoms with van der Waals surface area (Å²) < 4.78 is 6.72. The zero-order valence-corrected chi connectivity index (χ0v) is 19.6. The first-order chi connectivity index (χ1) is 14.6. The number of rotatable bonds is 9.